The summed E-state index contributed by atoms with van der Waals surface area (Å²) in [5.41, 5.74) is 6.63. The molecule has 0 aromatic heterocycles. The topological polar surface area (TPSA) is 26.0 Å². The van der Waals surface area contributed by atoms with Gasteiger partial charge in [0, 0.05) is 11.1 Å². The Bertz CT molecular complexity index is 220. The first kappa shape index (κ1) is 7.58. The van der Waals surface area contributed by atoms with E-state index < -0.39 is 0 Å². The Morgan fingerprint density at radius 2 is 2.00 bits per heavy atom. The van der Waals surface area contributed by atoms with Crippen molar-refractivity contribution in [3.05, 3.63) is 34.9 Å². The zero-order valence-electron chi connectivity index (χ0n) is 5.84. The lowest BCUT2D eigenvalue weighted by atomic mass is 10.1. The Morgan fingerprint density at radius 1 is 1.40 bits per heavy atom. The molecule has 0 aliphatic rings. The van der Waals surface area contributed by atoms with E-state index in [1.807, 2.05) is 31.2 Å². The van der Waals surface area contributed by atoms with Gasteiger partial charge in [-0.2, -0.15) is 0 Å². The van der Waals surface area contributed by atoms with Gasteiger partial charge in [0.05, 0.1) is 0 Å². The predicted octanol–water partition coefficient (Wildman–Crippen LogP) is 2.36. The molecule has 0 heterocycles. The number of hydrogen-bond acceptors (Lipinski definition) is 1. The second-order valence-corrected chi connectivity index (χ2v) is 2.72. The SMILES string of the molecule is C[C@H](N)c1ccccc1Cl. The summed E-state index contributed by atoms with van der Waals surface area (Å²) < 4.78 is 0. The zero-order chi connectivity index (χ0) is 7.56. The molecule has 10 heavy (non-hydrogen) atoms. The third-order valence-electron chi connectivity index (χ3n) is 1.40. The molecule has 0 radical (unpaired) electrons. The molecule has 0 unspecified atom stereocenters. The Hall–Kier alpha value is -0.530. The fraction of sp³-hybridized carbons (Fsp3) is 0.250. The summed E-state index contributed by atoms with van der Waals surface area (Å²) in [5, 5.41) is 0.748. The first-order valence-electron chi connectivity index (χ1n) is 3.22. The molecule has 0 aliphatic heterocycles. The molecule has 0 spiro atoms. The van der Waals surface area contributed by atoms with E-state index in [9.17, 15) is 0 Å². The first-order valence-corrected chi connectivity index (χ1v) is 3.59. The van der Waals surface area contributed by atoms with E-state index in [0.717, 1.165) is 10.6 Å². The summed E-state index contributed by atoms with van der Waals surface area (Å²) in [4.78, 5) is 0. The monoisotopic (exact) mass is 155 g/mol. The normalized spacial score (nSPS) is 13.1. The van der Waals surface area contributed by atoms with Crippen LogP contribution in [0.25, 0.3) is 0 Å². The van der Waals surface area contributed by atoms with Crippen molar-refractivity contribution in [1.82, 2.24) is 0 Å². The molecule has 0 fully saturated rings. The second-order valence-electron chi connectivity index (χ2n) is 2.31. The molecule has 0 bridgehead atoms. The lowest BCUT2D eigenvalue weighted by Crippen LogP contribution is -2.04. The molecule has 0 aliphatic carbocycles. The molecule has 0 saturated carbocycles. The summed E-state index contributed by atoms with van der Waals surface area (Å²) >= 11 is 5.84. The maximum absolute atomic E-state index is 5.84. The van der Waals surface area contributed by atoms with Crippen LogP contribution in [0.1, 0.15) is 18.5 Å². The van der Waals surface area contributed by atoms with Crippen LogP contribution in [0.15, 0.2) is 24.3 Å². The van der Waals surface area contributed by atoms with Gasteiger partial charge >= 0.3 is 0 Å². The van der Waals surface area contributed by atoms with E-state index >= 15 is 0 Å². The van der Waals surface area contributed by atoms with Crippen LogP contribution in [0.5, 0.6) is 0 Å². The Balaban J connectivity index is 3.03. The average molecular weight is 156 g/mol. The van der Waals surface area contributed by atoms with Gasteiger partial charge in [-0.1, -0.05) is 29.8 Å². The van der Waals surface area contributed by atoms with Crippen molar-refractivity contribution in [2.24, 2.45) is 5.73 Å². The highest BCUT2D eigenvalue weighted by Crippen LogP contribution is 2.19. The number of rotatable bonds is 1. The van der Waals surface area contributed by atoms with Crippen LogP contribution in [-0.2, 0) is 0 Å². The molecule has 54 valence electrons. The summed E-state index contributed by atoms with van der Waals surface area (Å²) in [5.74, 6) is 0. The van der Waals surface area contributed by atoms with E-state index in [1.165, 1.54) is 0 Å². The fourth-order valence-electron chi connectivity index (χ4n) is 0.844. The molecular weight excluding hydrogens is 146 g/mol. The van der Waals surface area contributed by atoms with Crippen LogP contribution < -0.4 is 5.73 Å². The Labute approximate surface area is 65.8 Å². The van der Waals surface area contributed by atoms with Gasteiger partial charge in [0.2, 0.25) is 0 Å². The highest BCUT2D eigenvalue weighted by molar-refractivity contribution is 6.31. The molecule has 1 aromatic carbocycles. The Kier molecular flexibility index (Phi) is 2.30. The van der Waals surface area contributed by atoms with Crippen molar-refractivity contribution in [3.8, 4) is 0 Å². The summed E-state index contributed by atoms with van der Waals surface area (Å²) in [7, 11) is 0. The van der Waals surface area contributed by atoms with Gasteiger partial charge in [0.1, 0.15) is 0 Å². The van der Waals surface area contributed by atoms with Crippen LogP contribution in [0.3, 0.4) is 0 Å². The van der Waals surface area contributed by atoms with E-state index in [0.29, 0.717) is 0 Å². The largest absolute Gasteiger partial charge is 0.324 e. The van der Waals surface area contributed by atoms with Crippen molar-refractivity contribution in [2.75, 3.05) is 0 Å². The standard InChI is InChI=1S/C8H10ClN/c1-6(10)7-4-2-3-5-8(7)9/h2-6H,10H2,1H3/t6-/m0/s1. The highest BCUT2D eigenvalue weighted by Gasteiger charge is 2.01. The van der Waals surface area contributed by atoms with Crippen LogP contribution in [0.4, 0.5) is 0 Å². The number of nitrogens with two attached hydrogens (primary N) is 1. The van der Waals surface area contributed by atoms with E-state index in [4.69, 9.17) is 17.3 Å². The zero-order valence-corrected chi connectivity index (χ0v) is 6.60. The van der Waals surface area contributed by atoms with Crippen molar-refractivity contribution < 1.29 is 0 Å². The maximum Gasteiger partial charge on any atom is 0.0453 e. The molecule has 1 atom stereocenters. The van der Waals surface area contributed by atoms with Crippen molar-refractivity contribution in [3.63, 3.8) is 0 Å². The van der Waals surface area contributed by atoms with Gasteiger partial charge in [-0.15, -0.1) is 0 Å². The van der Waals surface area contributed by atoms with Gasteiger partial charge < -0.3 is 5.73 Å². The molecule has 0 saturated heterocycles. The minimum absolute atomic E-state index is 0.0219. The average Bonchev–Trinajstić information content (AvgIpc) is 1.88. The molecule has 1 aromatic rings. The third-order valence-corrected chi connectivity index (χ3v) is 1.74. The molecule has 2 N–H and O–H groups in total. The summed E-state index contributed by atoms with van der Waals surface area (Å²) in [6.07, 6.45) is 0. The van der Waals surface area contributed by atoms with Crippen molar-refractivity contribution in [1.29, 1.82) is 0 Å². The van der Waals surface area contributed by atoms with Crippen LogP contribution >= 0.6 is 11.6 Å². The molecule has 1 rings (SSSR count). The smallest absolute Gasteiger partial charge is 0.0453 e. The van der Waals surface area contributed by atoms with Gasteiger partial charge in [0.15, 0.2) is 0 Å². The van der Waals surface area contributed by atoms with Crippen LogP contribution in [0.2, 0.25) is 5.02 Å². The van der Waals surface area contributed by atoms with Gasteiger partial charge in [-0.05, 0) is 18.6 Å². The molecule has 2 heteroatoms. The highest BCUT2D eigenvalue weighted by atomic mass is 35.5. The van der Waals surface area contributed by atoms with E-state index in [-0.39, 0.29) is 6.04 Å². The minimum atomic E-state index is 0.0219. The molecule has 1 nitrogen and oxygen atoms in total. The third kappa shape index (κ3) is 1.49. The number of halogens is 1. The molecular formula is C8H10ClN. The maximum atomic E-state index is 5.84. The predicted molar refractivity (Wildman–Crippen MR) is 44.1 cm³/mol. The fourth-order valence-corrected chi connectivity index (χ4v) is 1.15. The summed E-state index contributed by atoms with van der Waals surface area (Å²) in [6, 6.07) is 7.64. The first-order chi connectivity index (χ1) is 4.72. The van der Waals surface area contributed by atoms with Gasteiger partial charge in [0.25, 0.3) is 0 Å². The van der Waals surface area contributed by atoms with Crippen molar-refractivity contribution >= 4 is 11.6 Å². The number of hydrogen-bond donors (Lipinski definition) is 1. The van der Waals surface area contributed by atoms with Crippen molar-refractivity contribution in [2.45, 2.75) is 13.0 Å². The minimum Gasteiger partial charge on any atom is -0.324 e. The van der Waals surface area contributed by atoms with E-state index in [2.05, 4.69) is 0 Å². The van der Waals surface area contributed by atoms with Gasteiger partial charge in [-0.25, -0.2) is 0 Å². The lowest BCUT2D eigenvalue weighted by molar-refractivity contribution is 0.818. The molecule has 0 amide bonds. The quantitative estimate of drug-likeness (QED) is 0.662. The number of benzene rings is 1. The lowest BCUT2D eigenvalue weighted by Gasteiger charge is -2.05. The van der Waals surface area contributed by atoms with Crippen LogP contribution in [-0.4, -0.2) is 0 Å². The van der Waals surface area contributed by atoms with Crippen LogP contribution in [0, 0.1) is 0 Å². The van der Waals surface area contributed by atoms with E-state index in [1.54, 1.807) is 0 Å². The Morgan fingerprint density at radius 3 is 2.40 bits per heavy atom. The summed E-state index contributed by atoms with van der Waals surface area (Å²) in [6.45, 7) is 1.92. The second kappa shape index (κ2) is 3.04. The van der Waals surface area contributed by atoms with Gasteiger partial charge in [-0.3, -0.25) is 0 Å².